The number of nitrogens with one attached hydrogen (secondary N) is 1. The molecule has 0 bridgehead atoms. The van der Waals surface area contributed by atoms with Crippen molar-refractivity contribution in [1.82, 2.24) is 10.2 Å². The summed E-state index contributed by atoms with van der Waals surface area (Å²) in [6.45, 7) is 0.0922. The molecule has 1 aliphatic heterocycles. The molecule has 9 nitrogen and oxygen atoms in total. The van der Waals surface area contributed by atoms with E-state index in [0.29, 0.717) is 31.8 Å². The number of carbonyl (C=O) groups excluding carboxylic acids is 2. The van der Waals surface area contributed by atoms with E-state index >= 15 is 0 Å². The average Bonchev–Trinajstić information content (AvgIpc) is 3.11. The number of amides is 3. The number of halogens is 2. The molecule has 1 N–H and O–H groups in total. The summed E-state index contributed by atoms with van der Waals surface area (Å²) in [5.74, 6) is -0.0903. The Morgan fingerprint density at radius 3 is 2.56 bits per heavy atom. The third-order valence-corrected chi connectivity index (χ3v) is 6.08. The minimum Gasteiger partial charge on any atom is -0.493 e. The van der Waals surface area contributed by atoms with Crippen molar-refractivity contribution in [1.29, 1.82) is 0 Å². The molecule has 1 fully saturated rings. The van der Waals surface area contributed by atoms with Gasteiger partial charge in [-0.15, -0.1) is 0 Å². The minimum absolute atomic E-state index is 0.00751. The lowest BCUT2D eigenvalue weighted by atomic mass is 10.1. The van der Waals surface area contributed by atoms with Crippen LogP contribution in [0.3, 0.4) is 0 Å². The fourth-order valence-corrected chi connectivity index (χ4v) is 4.31. The first kappa shape index (κ1) is 25.1. The van der Waals surface area contributed by atoms with Gasteiger partial charge in [0.2, 0.25) is 0 Å². The Hall–Kier alpha value is -4.00. The molecule has 4 rings (SSSR count). The van der Waals surface area contributed by atoms with E-state index < -0.39 is 22.7 Å². The van der Waals surface area contributed by atoms with Crippen LogP contribution in [0.4, 0.5) is 14.9 Å². The van der Waals surface area contributed by atoms with E-state index in [4.69, 9.17) is 9.47 Å². The molecule has 0 radical (unpaired) electrons. The maximum atomic E-state index is 13.1. The molecular weight excluding hydrogens is 584 g/mol. The first-order valence-electron chi connectivity index (χ1n) is 10.6. The molecule has 3 aromatic rings. The van der Waals surface area contributed by atoms with Crippen LogP contribution >= 0.6 is 22.6 Å². The SMILES string of the molecule is COc1cc(/C=C2/NC(=O)N(Cc3ccc(F)cc3)C2=O)cc(I)c1OCc1cccc([N+](=O)[O-])c1. The lowest BCUT2D eigenvalue weighted by Gasteiger charge is -2.14. The summed E-state index contributed by atoms with van der Waals surface area (Å²) in [6, 6.07) is 14.5. The molecule has 1 aliphatic rings. The van der Waals surface area contributed by atoms with Crippen molar-refractivity contribution in [2.45, 2.75) is 13.2 Å². The van der Waals surface area contributed by atoms with Crippen molar-refractivity contribution < 1.29 is 28.4 Å². The fraction of sp³-hybridized carbons (Fsp3) is 0.120. The summed E-state index contributed by atoms with van der Waals surface area (Å²) >= 11 is 2.06. The fourth-order valence-electron chi connectivity index (χ4n) is 3.53. The predicted molar refractivity (Wildman–Crippen MR) is 137 cm³/mol. The third kappa shape index (κ3) is 5.62. The number of imide groups is 1. The number of nitrogens with zero attached hydrogens (tertiary/aromatic N) is 2. The molecule has 0 atom stereocenters. The van der Waals surface area contributed by atoms with Gasteiger partial charge in [-0.3, -0.25) is 19.8 Å². The van der Waals surface area contributed by atoms with Gasteiger partial charge >= 0.3 is 6.03 Å². The molecule has 36 heavy (non-hydrogen) atoms. The second kappa shape index (κ2) is 10.7. The van der Waals surface area contributed by atoms with Crippen molar-refractivity contribution in [3.05, 3.63) is 103 Å². The number of ether oxygens (including phenoxy) is 2. The molecule has 0 saturated carbocycles. The molecule has 0 spiro atoms. The van der Waals surface area contributed by atoms with Crippen LogP contribution < -0.4 is 14.8 Å². The quantitative estimate of drug-likeness (QED) is 0.127. The number of hydrogen-bond acceptors (Lipinski definition) is 6. The predicted octanol–water partition coefficient (Wildman–Crippen LogP) is 5.02. The number of urea groups is 1. The third-order valence-electron chi connectivity index (χ3n) is 5.28. The summed E-state index contributed by atoms with van der Waals surface area (Å²) in [5, 5.41) is 13.6. The van der Waals surface area contributed by atoms with Gasteiger partial charge in [-0.25, -0.2) is 9.18 Å². The van der Waals surface area contributed by atoms with E-state index in [0.717, 1.165) is 4.90 Å². The van der Waals surface area contributed by atoms with E-state index in [2.05, 4.69) is 27.9 Å². The van der Waals surface area contributed by atoms with Crippen molar-refractivity contribution in [3.63, 3.8) is 0 Å². The zero-order valence-electron chi connectivity index (χ0n) is 18.9. The van der Waals surface area contributed by atoms with E-state index in [1.807, 2.05) is 0 Å². The van der Waals surface area contributed by atoms with Gasteiger partial charge in [0.25, 0.3) is 11.6 Å². The molecule has 1 heterocycles. The van der Waals surface area contributed by atoms with Gasteiger partial charge in [0, 0.05) is 12.1 Å². The van der Waals surface area contributed by atoms with Gasteiger partial charge in [0.05, 0.1) is 22.1 Å². The number of hydrogen-bond donors (Lipinski definition) is 1. The van der Waals surface area contributed by atoms with Crippen LogP contribution in [0.2, 0.25) is 0 Å². The van der Waals surface area contributed by atoms with Crippen LogP contribution in [0.5, 0.6) is 11.5 Å². The van der Waals surface area contributed by atoms with Crippen LogP contribution in [-0.2, 0) is 17.9 Å². The van der Waals surface area contributed by atoms with E-state index in [-0.39, 0.29) is 24.5 Å². The number of methoxy groups -OCH3 is 1. The Balaban J connectivity index is 1.52. The summed E-state index contributed by atoms with van der Waals surface area (Å²) in [6.07, 6.45) is 1.53. The zero-order valence-corrected chi connectivity index (χ0v) is 21.0. The van der Waals surface area contributed by atoms with Crippen LogP contribution in [-0.4, -0.2) is 28.9 Å². The summed E-state index contributed by atoms with van der Waals surface area (Å²) in [7, 11) is 1.47. The maximum Gasteiger partial charge on any atom is 0.329 e. The van der Waals surface area contributed by atoms with E-state index in [1.54, 1.807) is 24.3 Å². The Kier molecular flexibility index (Phi) is 7.48. The Morgan fingerprint density at radius 1 is 1.11 bits per heavy atom. The first-order valence-corrected chi connectivity index (χ1v) is 11.7. The van der Waals surface area contributed by atoms with Crippen molar-refractivity contribution >= 4 is 46.3 Å². The van der Waals surface area contributed by atoms with Gasteiger partial charge in [0.1, 0.15) is 18.1 Å². The highest BCUT2D eigenvalue weighted by atomic mass is 127. The van der Waals surface area contributed by atoms with Crippen LogP contribution in [0, 0.1) is 19.5 Å². The zero-order chi connectivity index (χ0) is 25.8. The Labute approximate surface area is 218 Å². The van der Waals surface area contributed by atoms with Crippen LogP contribution in [0.25, 0.3) is 6.08 Å². The van der Waals surface area contributed by atoms with Gasteiger partial charge in [0.15, 0.2) is 11.5 Å². The Morgan fingerprint density at radius 2 is 1.86 bits per heavy atom. The van der Waals surface area contributed by atoms with E-state index in [9.17, 15) is 24.1 Å². The van der Waals surface area contributed by atoms with Gasteiger partial charge in [-0.05, 0) is 69.6 Å². The lowest BCUT2D eigenvalue weighted by molar-refractivity contribution is -0.384. The highest BCUT2D eigenvalue weighted by Crippen LogP contribution is 2.35. The number of rotatable bonds is 8. The smallest absolute Gasteiger partial charge is 0.329 e. The van der Waals surface area contributed by atoms with Crippen molar-refractivity contribution in [3.8, 4) is 11.5 Å². The number of benzene rings is 3. The van der Waals surface area contributed by atoms with Crippen LogP contribution in [0.15, 0.2) is 66.4 Å². The molecule has 184 valence electrons. The number of nitro benzene ring substituents is 1. The normalized spacial score (nSPS) is 14.2. The number of non-ortho nitro benzene ring substituents is 1. The maximum absolute atomic E-state index is 13.1. The molecule has 11 heteroatoms. The van der Waals surface area contributed by atoms with E-state index in [1.165, 1.54) is 49.6 Å². The second-order valence-electron chi connectivity index (χ2n) is 7.76. The molecular formula is C25H19FIN3O6. The molecule has 0 aromatic heterocycles. The summed E-state index contributed by atoms with van der Waals surface area (Å²) in [4.78, 5) is 36.8. The minimum atomic E-state index is -0.575. The lowest BCUT2D eigenvalue weighted by Crippen LogP contribution is -2.30. The molecule has 0 aliphatic carbocycles. The number of nitro groups is 1. The Bertz CT molecular complexity index is 1380. The highest BCUT2D eigenvalue weighted by molar-refractivity contribution is 14.1. The van der Waals surface area contributed by atoms with Crippen molar-refractivity contribution in [2.75, 3.05) is 7.11 Å². The monoisotopic (exact) mass is 603 g/mol. The average molecular weight is 603 g/mol. The molecule has 0 unspecified atom stereocenters. The summed E-state index contributed by atoms with van der Waals surface area (Å²) in [5.41, 5.74) is 1.88. The van der Waals surface area contributed by atoms with Gasteiger partial charge in [-0.1, -0.05) is 24.3 Å². The molecule has 1 saturated heterocycles. The number of carbonyl (C=O) groups is 2. The summed E-state index contributed by atoms with van der Waals surface area (Å²) < 4.78 is 25.2. The van der Waals surface area contributed by atoms with Crippen molar-refractivity contribution in [2.24, 2.45) is 0 Å². The topological polar surface area (TPSA) is 111 Å². The largest absolute Gasteiger partial charge is 0.493 e. The molecule has 3 amide bonds. The molecule has 3 aromatic carbocycles. The highest BCUT2D eigenvalue weighted by Gasteiger charge is 2.33. The second-order valence-corrected chi connectivity index (χ2v) is 8.92. The van der Waals surface area contributed by atoms with Gasteiger partial charge in [-0.2, -0.15) is 0 Å². The van der Waals surface area contributed by atoms with Crippen LogP contribution in [0.1, 0.15) is 16.7 Å². The standard InChI is InChI=1S/C25H19FIN3O6/c1-35-22-12-17(10-20(27)23(22)36-14-16-3-2-4-19(9-16)30(33)34)11-21-24(31)29(25(32)28-21)13-15-5-7-18(26)8-6-15/h2-12H,13-14H2,1H3,(H,28,32)/b21-11+. The first-order chi connectivity index (χ1) is 17.2. The van der Waals surface area contributed by atoms with Gasteiger partial charge < -0.3 is 14.8 Å².